The number of hydrogen-bond donors (Lipinski definition) is 1. The van der Waals surface area contributed by atoms with Gasteiger partial charge in [-0.15, -0.1) is 0 Å². The first-order valence-corrected chi connectivity index (χ1v) is 9.07. The van der Waals surface area contributed by atoms with Crippen LogP contribution in [0.15, 0.2) is 23.2 Å². The predicted molar refractivity (Wildman–Crippen MR) is 78.2 cm³/mol. The minimum atomic E-state index is -3.58. The fourth-order valence-corrected chi connectivity index (χ4v) is 4.80. The van der Waals surface area contributed by atoms with Gasteiger partial charge < -0.3 is 9.47 Å². The summed E-state index contributed by atoms with van der Waals surface area (Å²) in [4.78, 5) is 6.53. The van der Waals surface area contributed by atoms with Crippen molar-refractivity contribution in [3.05, 3.63) is 18.3 Å². The lowest BCUT2D eigenvalue weighted by molar-refractivity contribution is 0.0384. The number of hydrogen-bond acceptors (Lipinski definition) is 6. The first-order valence-electron chi connectivity index (χ1n) is 7.59. The van der Waals surface area contributed by atoms with Crippen LogP contribution in [0.3, 0.4) is 0 Å². The Morgan fingerprint density at radius 3 is 2.91 bits per heavy atom. The smallest absolute Gasteiger partial charge is 0.246 e. The third-order valence-electron chi connectivity index (χ3n) is 4.60. The number of nitrogens with zero attached hydrogens (tertiary/aromatic N) is 2. The van der Waals surface area contributed by atoms with E-state index in [4.69, 9.17) is 9.47 Å². The van der Waals surface area contributed by atoms with E-state index in [0.717, 1.165) is 26.1 Å². The summed E-state index contributed by atoms with van der Waals surface area (Å²) in [6, 6.07) is 3.35. The van der Waals surface area contributed by atoms with E-state index < -0.39 is 10.0 Å². The third-order valence-corrected chi connectivity index (χ3v) is 6.10. The van der Waals surface area contributed by atoms with Gasteiger partial charge in [0.25, 0.3) is 0 Å². The van der Waals surface area contributed by atoms with Gasteiger partial charge in [-0.2, -0.15) is 0 Å². The van der Waals surface area contributed by atoms with Crippen LogP contribution in [-0.2, 0) is 14.8 Å². The first-order chi connectivity index (χ1) is 10.6. The van der Waals surface area contributed by atoms with E-state index in [2.05, 4.69) is 14.6 Å². The summed E-state index contributed by atoms with van der Waals surface area (Å²) in [5.74, 6) is 0.205. The molecule has 0 spiro atoms. The van der Waals surface area contributed by atoms with E-state index in [-0.39, 0.29) is 22.9 Å². The van der Waals surface area contributed by atoms with Gasteiger partial charge in [0.2, 0.25) is 15.9 Å². The Labute approximate surface area is 129 Å². The van der Waals surface area contributed by atoms with Crippen molar-refractivity contribution in [1.29, 1.82) is 0 Å². The fraction of sp³-hybridized carbons (Fsp3) is 0.643. The van der Waals surface area contributed by atoms with Gasteiger partial charge in [-0.1, -0.05) is 0 Å². The third kappa shape index (κ3) is 2.50. The molecule has 2 atom stereocenters. The highest BCUT2D eigenvalue weighted by molar-refractivity contribution is 7.89. The standard InChI is InChI=1S/C14H19N3O4S/c18-22(19)13-2-1-5-15-14(13)21-12-9-17(8-11(12)16-22)10-3-6-20-7-4-10/h1-2,5,10-12,16H,3-4,6-9H2. The zero-order valence-electron chi connectivity index (χ0n) is 12.1. The van der Waals surface area contributed by atoms with Gasteiger partial charge in [0, 0.05) is 38.5 Å². The van der Waals surface area contributed by atoms with Crippen LogP contribution < -0.4 is 9.46 Å². The zero-order valence-corrected chi connectivity index (χ0v) is 13.0. The van der Waals surface area contributed by atoms with E-state index in [1.807, 2.05) is 0 Å². The number of nitrogens with one attached hydrogen (secondary N) is 1. The highest BCUT2D eigenvalue weighted by atomic mass is 32.2. The Hall–Kier alpha value is -1.22. The maximum atomic E-state index is 12.4. The molecule has 0 aromatic carbocycles. The lowest BCUT2D eigenvalue weighted by Crippen LogP contribution is -2.43. The molecule has 0 aliphatic carbocycles. The normalized spacial score (nSPS) is 31.8. The molecule has 2 fully saturated rings. The summed E-state index contributed by atoms with van der Waals surface area (Å²) in [7, 11) is -3.58. The average Bonchev–Trinajstić information content (AvgIpc) is 2.86. The molecule has 8 heteroatoms. The minimum Gasteiger partial charge on any atom is -0.470 e. The monoisotopic (exact) mass is 325 g/mol. The molecular weight excluding hydrogens is 306 g/mol. The number of pyridine rings is 1. The predicted octanol–water partition coefficient (Wildman–Crippen LogP) is -0.0159. The number of rotatable bonds is 1. The van der Waals surface area contributed by atoms with Crippen LogP contribution in [0, 0.1) is 0 Å². The number of fused-ring (bicyclic) bond motifs is 2. The van der Waals surface area contributed by atoms with Crippen molar-refractivity contribution in [1.82, 2.24) is 14.6 Å². The summed E-state index contributed by atoms with van der Waals surface area (Å²) in [5.41, 5.74) is 0. The molecule has 0 bridgehead atoms. The van der Waals surface area contributed by atoms with Crippen LogP contribution in [0.25, 0.3) is 0 Å². The number of sulfonamides is 1. The van der Waals surface area contributed by atoms with Crippen molar-refractivity contribution in [2.24, 2.45) is 0 Å². The second-order valence-electron chi connectivity index (χ2n) is 5.99. The Balaban J connectivity index is 1.59. The minimum absolute atomic E-state index is 0.127. The molecule has 0 amide bonds. The number of ether oxygens (including phenoxy) is 2. The highest BCUT2D eigenvalue weighted by Crippen LogP contribution is 2.30. The molecule has 2 saturated heterocycles. The van der Waals surface area contributed by atoms with Gasteiger partial charge >= 0.3 is 0 Å². The van der Waals surface area contributed by atoms with Gasteiger partial charge in [-0.05, 0) is 25.0 Å². The molecule has 1 aromatic heterocycles. The van der Waals surface area contributed by atoms with Crippen LogP contribution in [-0.4, -0.2) is 62.8 Å². The van der Waals surface area contributed by atoms with Crippen molar-refractivity contribution < 1.29 is 17.9 Å². The second-order valence-corrected chi connectivity index (χ2v) is 7.67. The van der Waals surface area contributed by atoms with Gasteiger partial charge in [0.05, 0.1) is 6.04 Å². The molecule has 7 nitrogen and oxygen atoms in total. The van der Waals surface area contributed by atoms with Crippen molar-refractivity contribution in [2.45, 2.75) is 35.9 Å². The van der Waals surface area contributed by atoms with Crippen LogP contribution in [0.2, 0.25) is 0 Å². The molecule has 4 rings (SSSR count). The quantitative estimate of drug-likeness (QED) is 0.782. The summed E-state index contributed by atoms with van der Waals surface area (Å²) < 4.78 is 39.0. The molecule has 1 N–H and O–H groups in total. The maximum Gasteiger partial charge on any atom is 0.246 e. The highest BCUT2D eigenvalue weighted by Gasteiger charge is 2.43. The summed E-state index contributed by atoms with van der Waals surface area (Å²) in [5, 5.41) is 0. The maximum absolute atomic E-state index is 12.4. The Morgan fingerprint density at radius 2 is 2.09 bits per heavy atom. The molecule has 1 aromatic rings. The lowest BCUT2D eigenvalue weighted by Gasteiger charge is -2.31. The van der Waals surface area contributed by atoms with E-state index in [1.165, 1.54) is 6.07 Å². The largest absolute Gasteiger partial charge is 0.470 e. The van der Waals surface area contributed by atoms with E-state index in [0.29, 0.717) is 19.1 Å². The van der Waals surface area contributed by atoms with Crippen LogP contribution >= 0.6 is 0 Å². The Bertz CT molecular complexity index is 660. The molecule has 0 saturated carbocycles. The summed E-state index contributed by atoms with van der Waals surface area (Å²) in [6.07, 6.45) is 3.33. The topological polar surface area (TPSA) is 80.8 Å². The van der Waals surface area contributed by atoms with Gasteiger partial charge in [-0.3, -0.25) is 4.90 Å². The zero-order chi connectivity index (χ0) is 15.2. The summed E-state index contributed by atoms with van der Waals surface area (Å²) >= 11 is 0. The van der Waals surface area contributed by atoms with Crippen molar-refractivity contribution in [2.75, 3.05) is 26.3 Å². The molecular formula is C14H19N3O4S. The fourth-order valence-electron chi connectivity index (χ4n) is 3.46. The lowest BCUT2D eigenvalue weighted by atomic mass is 10.1. The molecule has 3 aliphatic rings. The molecule has 2 unspecified atom stereocenters. The van der Waals surface area contributed by atoms with Crippen molar-refractivity contribution in [3.8, 4) is 5.88 Å². The number of aromatic nitrogens is 1. The first kappa shape index (κ1) is 14.4. The average molecular weight is 325 g/mol. The van der Waals surface area contributed by atoms with Crippen molar-refractivity contribution in [3.63, 3.8) is 0 Å². The Morgan fingerprint density at radius 1 is 1.27 bits per heavy atom. The SMILES string of the molecule is O=S1(=O)NC2CN(C3CCOCC3)CC2Oc2ncccc21. The molecule has 0 radical (unpaired) electrons. The molecule has 120 valence electrons. The van der Waals surface area contributed by atoms with E-state index >= 15 is 0 Å². The van der Waals surface area contributed by atoms with Crippen LogP contribution in [0.4, 0.5) is 0 Å². The van der Waals surface area contributed by atoms with Crippen LogP contribution in [0.1, 0.15) is 12.8 Å². The molecule has 3 aliphatic heterocycles. The Kier molecular flexibility index (Phi) is 3.56. The second kappa shape index (κ2) is 5.45. The van der Waals surface area contributed by atoms with Gasteiger partial charge in [-0.25, -0.2) is 18.1 Å². The van der Waals surface area contributed by atoms with Crippen molar-refractivity contribution >= 4 is 10.0 Å². The van der Waals surface area contributed by atoms with Crippen LogP contribution in [0.5, 0.6) is 5.88 Å². The van der Waals surface area contributed by atoms with E-state index in [9.17, 15) is 8.42 Å². The van der Waals surface area contributed by atoms with E-state index in [1.54, 1.807) is 12.3 Å². The molecule has 22 heavy (non-hydrogen) atoms. The summed E-state index contributed by atoms with van der Waals surface area (Å²) in [6.45, 7) is 2.93. The molecule has 4 heterocycles. The van der Waals surface area contributed by atoms with Gasteiger partial charge in [0.1, 0.15) is 11.0 Å². The van der Waals surface area contributed by atoms with Gasteiger partial charge in [0.15, 0.2) is 0 Å². The number of likely N-dealkylation sites (tertiary alicyclic amines) is 1.